The number of nitrogens with zero attached hydrogens (tertiary/aromatic N) is 3. The van der Waals surface area contributed by atoms with Crippen LogP contribution in [0.5, 0.6) is 5.75 Å². The molecule has 0 aliphatic carbocycles. The molecule has 0 heterocycles. The van der Waals surface area contributed by atoms with E-state index in [0.717, 1.165) is 16.9 Å². The van der Waals surface area contributed by atoms with E-state index in [0.29, 0.717) is 6.61 Å². The minimum absolute atomic E-state index is 0.100. The van der Waals surface area contributed by atoms with Crippen molar-refractivity contribution < 1.29 is 4.74 Å². The summed E-state index contributed by atoms with van der Waals surface area (Å²) < 4.78 is 5.68. The Morgan fingerprint density at radius 2 is 1.74 bits per heavy atom. The second-order valence-electron chi connectivity index (χ2n) is 4.59. The van der Waals surface area contributed by atoms with Crippen LogP contribution in [-0.4, -0.2) is 6.21 Å². The van der Waals surface area contributed by atoms with Crippen molar-refractivity contribution in [1.82, 2.24) is 0 Å². The molecule has 0 saturated carbocycles. The first-order valence-electron chi connectivity index (χ1n) is 6.83. The Balaban J connectivity index is 2.00. The van der Waals surface area contributed by atoms with Gasteiger partial charge in [-0.1, -0.05) is 30.3 Å². The standard InChI is InChI=1S/C18H14N4O/c19-10-17(21)18(11-20)22-12-14-6-8-16(9-7-14)23-13-15-4-2-1-3-5-15/h1-9,12H,13,21H2/b18-17-,22-12?. The van der Waals surface area contributed by atoms with Crippen LogP contribution in [0.4, 0.5) is 0 Å². The van der Waals surface area contributed by atoms with Gasteiger partial charge in [-0.05, 0) is 35.4 Å². The molecule has 0 unspecified atom stereocenters. The van der Waals surface area contributed by atoms with Gasteiger partial charge in [-0.25, -0.2) is 4.99 Å². The summed E-state index contributed by atoms with van der Waals surface area (Å²) in [6.07, 6.45) is 1.48. The predicted octanol–water partition coefficient (Wildman–Crippen LogP) is 2.90. The molecule has 0 radical (unpaired) electrons. The van der Waals surface area contributed by atoms with Crippen molar-refractivity contribution in [2.24, 2.45) is 10.7 Å². The number of hydrogen-bond donors (Lipinski definition) is 1. The topological polar surface area (TPSA) is 95.2 Å². The van der Waals surface area contributed by atoms with E-state index in [1.54, 1.807) is 24.3 Å². The zero-order chi connectivity index (χ0) is 16.5. The molecule has 0 bridgehead atoms. The smallest absolute Gasteiger partial charge is 0.174 e. The predicted molar refractivity (Wildman–Crippen MR) is 87.2 cm³/mol. The van der Waals surface area contributed by atoms with Crippen LogP contribution in [-0.2, 0) is 6.61 Å². The van der Waals surface area contributed by atoms with Gasteiger partial charge in [0.2, 0.25) is 0 Å². The number of allylic oxidation sites excluding steroid dienone is 2. The third-order valence-corrected chi connectivity index (χ3v) is 2.95. The minimum atomic E-state index is -0.202. The van der Waals surface area contributed by atoms with Crippen LogP contribution in [0.1, 0.15) is 11.1 Å². The summed E-state index contributed by atoms with van der Waals surface area (Å²) in [4.78, 5) is 3.91. The van der Waals surface area contributed by atoms with Gasteiger partial charge >= 0.3 is 0 Å². The quantitative estimate of drug-likeness (QED) is 0.678. The Hall–Kier alpha value is -3.57. The molecule has 0 spiro atoms. The lowest BCUT2D eigenvalue weighted by Crippen LogP contribution is -1.97. The van der Waals surface area contributed by atoms with E-state index < -0.39 is 0 Å². The molecule has 0 aliphatic heterocycles. The Kier molecular flexibility index (Phi) is 5.51. The molecule has 2 rings (SSSR count). The fraction of sp³-hybridized carbons (Fsp3) is 0.0556. The lowest BCUT2D eigenvalue weighted by molar-refractivity contribution is 0.306. The fourth-order valence-corrected chi connectivity index (χ4v) is 1.74. The summed E-state index contributed by atoms with van der Waals surface area (Å²) in [5.41, 5.74) is 6.94. The second-order valence-corrected chi connectivity index (χ2v) is 4.59. The highest BCUT2D eigenvalue weighted by Crippen LogP contribution is 2.13. The van der Waals surface area contributed by atoms with E-state index in [1.165, 1.54) is 6.21 Å². The van der Waals surface area contributed by atoms with E-state index in [4.69, 9.17) is 21.0 Å². The van der Waals surface area contributed by atoms with E-state index in [-0.39, 0.29) is 11.4 Å². The van der Waals surface area contributed by atoms with Crippen molar-refractivity contribution in [3.63, 3.8) is 0 Å². The fourth-order valence-electron chi connectivity index (χ4n) is 1.74. The van der Waals surface area contributed by atoms with Crippen molar-refractivity contribution in [1.29, 1.82) is 10.5 Å². The van der Waals surface area contributed by atoms with Crippen molar-refractivity contribution in [2.45, 2.75) is 6.61 Å². The highest BCUT2D eigenvalue weighted by atomic mass is 16.5. The molecule has 2 N–H and O–H groups in total. The maximum Gasteiger partial charge on any atom is 0.174 e. The number of aliphatic imine (C=N–C) groups is 1. The van der Waals surface area contributed by atoms with Crippen LogP contribution in [0.15, 0.2) is 71.0 Å². The van der Waals surface area contributed by atoms with Gasteiger partial charge in [0.05, 0.1) is 0 Å². The maximum atomic E-state index is 8.86. The summed E-state index contributed by atoms with van der Waals surface area (Å²) in [6, 6.07) is 20.6. The third-order valence-electron chi connectivity index (χ3n) is 2.95. The zero-order valence-electron chi connectivity index (χ0n) is 12.3. The van der Waals surface area contributed by atoms with Crippen molar-refractivity contribution in [2.75, 3.05) is 0 Å². The molecule has 2 aromatic carbocycles. The maximum absolute atomic E-state index is 8.86. The molecular formula is C18H14N4O. The van der Waals surface area contributed by atoms with E-state index in [2.05, 4.69) is 4.99 Å². The summed E-state index contributed by atoms with van der Waals surface area (Å²) >= 11 is 0. The lowest BCUT2D eigenvalue weighted by Gasteiger charge is -2.06. The van der Waals surface area contributed by atoms with E-state index in [9.17, 15) is 0 Å². The van der Waals surface area contributed by atoms with E-state index in [1.807, 2.05) is 42.5 Å². The molecule has 2 aromatic rings. The molecule has 0 amide bonds. The molecule has 0 atom stereocenters. The van der Waals surface area contributed by atoms with Crippen LogP contribution in [0.2, 0.25) is 0 Å². The average molecular weight is 302 g/mol. The number of benzene rings is 2. The monoisotopic (exact) mass is 302 g/mol. The Labute approximate surface area is 134 Å². The van der Waals surface area contributed by atoms with Gasteiger partial charge in [-0.15, -0.1) is 0 Å². The van der Waals surface area contributed by atoms with Crippen LogP contribution >= 0.6 is 0 Å². The molecule has 5 nitrogen and oxygen atoms in total. The number of nitrogens with two attached hydrogens (primary N) is 1. The van der Waals surface area contributed by atoms with Gasteiger partial charge in [-0.2, -0.15) is 10.5 Å². The first-order valence-corrected chi connectivity index (χ1v) is 6.83. The van der Waals surface area contributed by atoms with Gasteiger partial charge in [0, 0.05) is 6.21 Å². The highest BCUT2D eigenvalue weighted by Gasteiger charge is 1.99. The van der Waals surface area contributed by atoms with Gasteiger partial charge in [-0.3, -0.25) is 0 Å². The molecule has 0 saturated heterocycles. The third kappa shape index (κ3) is 4.73. The number of ether oxygens (including phenoxy) is 1. The molecular weight excluding hydrogens is 288 g/mol. The number of nitriles is 2. The number of hydrogen-bond acceptors (Lipinski definition) is 5. The van der Waals surface area contributed by atoms with Crippen LogP contribution in [0.3, 0.4) is 0 Å². The molecule has 0 aliphatic rings. The van der Waals surface area contributed by atoms with Gasteiger partial charge < -0.3 is 10.5 Å². The number of rotatable bonds is 5. The first-order chi connectivity index (χ1) is 11.2. The van der Waals surface area contributed by atoms with Crippen molar-refractivity contribution in [3.8, 4) is 17.9 Å². The van der Waals surface area contributed by atoms with Crippen molar-refractivity contribution >= 4 is 6.21 Å². The summed E-state index contributed by atoms with van der Waals surface area (Å²) in [6.45, 7) is 0.494. The molecule has 0 aromatic heterocycles. The summed E-state index contributed by atoms with van der Waals surface area (Å²) in [5.74, 6) is 0.735. The molecule has 5 heteroatoms. The van der Waals surface area contributed by atoms with Gasteiger partial charge in [0.25, 0.3) is 0 Å². The van der Waals surface area contributed by atoms with Gasteiger partial charge in [0.1, 0.15) is 30.2 Å². The first kappa shape index (κ1) is 15.8. The Morgan fingerprint density at radius 3 is 2.35 bits per heavy atom. The minimum Gasteiger partial charge on any atom is -0.489 e. The Morgan fingerprint density at radius 1 is 1.04 bits per heavy atom. The summed E-state index contributed by atoms with van der Waals surface area (Å²) in [5, 5.41) is 17.5. The van der Waals surface area contributed by atoms with Crippen LogP contribution in [0.25, 0.3) is 0 Å². The highest BCUT2D eigenvalue weighted by molar-refractivity contribution is 5.81. The second kappa shape index (κ2) is 8.02. The zero-order valence-corrected chi connectivity index (χ0v) is 12.3. The molecule has 23 heavy (non-hydrogen) atoms. The lowest BCUT2D eigenvalue weighted by atomic mass is 10.2. The normalized spacial score (nSPS) is 11.4. The Bertz CT molecular complexity index is 794. The summed E-state index contributed by atoms with van der Waals surface area (Å²) in [7, 11) is 0. The van der Waals surface area contributed by atoms with Crippen LogP contribution < -0.4 is 10.5 Å². The SMILES string of the molecule is N#C/C(N)=C(\C#N)N=Cc1ccc(OCc2ccccc2)cc1. The van der Waals surface area contributed by atoms with E-state index >= 15 is 0 Å². The molecule has 112 valence electrons. The average Bonchev–Trinajstić information content (AvgIpc) is 2.62. The molecule has 0 fully saturated rings. The van der Waals surface area contributed by atoms with Crippen LogP contribution in [0, 0.1) is 22.7 Å². The van der Waals surface area contributed by atoms with Crippen molar-refractivity contribution in [3.05, 3.63) is 77.1 Å². The van der Waals surface area contributed by atoms with Gasteiger partial charge in [0.15, 0.2) is 5.70 Å². The largest absolute Gasteiger partial charge is 0.489 e.